The fourth-order valence-corrected chi connectivity index (χ4v) is 3.07. The smallest absolute Gasteiger partial charge is 0.174 e. The predicted octanol–water partition coefficient (Wildman–Crippen LogP) is 2.55. The Morgan fingerprint density at radius 1 is 1.24 bits per heavy atom. The Balaban J connectivity index is 2.17. The Morgan fingerprint density at radius 2 is 1.96 bits per heavy atom. The number of thiocarbonyl (C=S) groups is 1. The van der Waals surface area contributed by atoms with E-state index < -0.39 is 0 Å². The number of aromatic nitrogens is 1. The highest BCUT2D eigenvalue weighted by molar-refractivity contribution is 7.80. The number of aryl methyl sites for hydroxylation is 1. The second kappa shape index (κ2) is 9.49. The number of benzene rings is 1. The molecule has 0 fully saturated rings. The monoisotopic (exact) mass is 357 g/mol. The van der Waals surface area contributed by atoms with E-state index in [1.54, 1.807) is 0 Å². The van der Waals surface area contributed by atoms with Gasteiger partial charge >= 0.3 is 0 Å². The minimum atomic E-state index is 0.191. The predicted molar refractivity (Wildman–Crippen MR) is 109 cm³/mol. The van der Waals surface area contributed by atoms with Crippen LogP contribution in [0.25, 0.3) is 0 Å². The summed E-state index contributed by atoms with van der Waals surface area (Å²) in [5.41, 5.74) is 3.57. The van der Waals surface area contributed by atoms with Crippen LogP contribution in [0, 0.1) is 0 Å². The van der Waals surface area contributed by atoms with Gasteiger partial charge < -0.3 is 15.1 Å². The van der Waals surface area contributed by atoms with Crippen LogP contribution in [0.3, 0.4) is 0 Å². The van der Waals surface area contributed by atoms with E-state index >= 15 is 0 Å². The number of pyridine rings is 1. The lowest BCUT2D eigenvalue weighted by Crippen LogP contribution is -3.06. The molecule has 1 atom stereocenters. The molecular weight excluding hydrogens is 328 g/mol. The largest absolute Gasteiger partial charge is 0.338 e. The number of quaternary nitrogens is 1. The molecule has 0 aliphatic heterocycles. The van der Waals surface area contributed by atoms with E-state index in [1.807, 2.05) is 12.4 Å². The van der Waals surface area contributed by atoms with Crippen LogP contribution < -0.4 is 10.2 Å². The summed E-state index contributed by atoms with van der Waals surface area (Å²) < 4.78 is 0. The van der Waals surface area contributed by atoms with Gasteiger partial charge in [0.25, 0.3) is 0 Å². The molecule has 0 amide bonds. The number of likely N-dealkylation sites (N-methyl/N-ethyl adjacent to an activating group) is 1. The van der Waals surface area contributed by atoms with Crippen molar-refractivity contribution in [1.29, 1.82) is 0 Å². The number of nitrogens with one attached hydrogen (secondary N) is 2. The lowest BCUT2D eigenvalue weighted by Gasteiger charge is -2.32. The first-order valence-electron chi connectivity index (χ1n) is 8.86. The highest BCUT2D eigenvalue weighted by atomic mass is 32.1. The molecule has 134 valence electrons. The third-order valence-electron chi connectivity index (χ3n) is 4.36. The van der Waals surface area contributed by atoms with E-state index in [-0.39, 0.29) is 6.04 Å². The van der Waals surface area contributed by atoms with E-state index in [0.717, 1.165) is 30.3 Å². The fraction of sp³-hybridized carbons (Fsp3) is 0.400. The Morgan fingerprint density at radius 3 is 2.60 bits per heavy atom. The molecule has 2 N–H and O–H groups in total. The minimum absolute atomic E-state index is 0.191. The van der Waals surface area contributed by atoms with Crippen molar-refractivity contribution in [3.8, 4) is 0 Å². The third-order valence-corrected chi connectivity index (χ3v) is 4.69. The summed E-state index contributed by atoms with van der Waals surface area (Å²) in [6.45, 7) is 6.27. The molecular formula is C20H29N4S+. The van der Waals surface area contributed by atoms with Gasteiger partial charge in [0.15, 0.2) is 5.11 Å². The summed E-state index contributed by atoms with van der Waals surface area (Å²) in [7, 11) is 4.33. The van der Waals surface area contributed by atoms with Gasteiger partial charge in [0, 0.05) is 18.1 Å². The fourth-order valence-electron chi connectivity index (χ4n) is 2.70. The van der Waals surface area contributed by atoms with E-state index in [2.05, 4.69) is 79.5 Å². The zero-order chi connectivity index (χ0) is 18.2. The average Bonchev–Trinajstić information content (AvgIpc) is 2.62. The normalized spacial score (nSPS) is 12.0. The van der Waals surface area contributed by atoms with Crippen LogP contribution in [0.15, 0.2) is 48.8 Å². The first-order chi connectivity index (χ1) is 12.0. The first-order valence-corrected chi connectivity index (χ1v) is 9.27. The van der Waals surface area contributed by atoms with Crippen LogP contribution in [0.5, 0.6) is 0 Å². The molecule has 2 rings (SSSR count). The lowest BCUT2D eigenvalue weighted by molar-refractivity contribution is -0.857. The quantitative estimate of drug-likeness (QED) is 0.746. The second-order valence-corrected chi connectivity index (χ2v) is 6.98. The summed E-state index contributed by atoms with van der Waals surface area (Å²) in [6, 6.07) is 12.8. The Hall–Kier alpha value is -1.98. The van der Waals surface area contributed by atoms with Crippen molar-refractivity contribution in [3.63, 3.8) is 0 Å². The SMILES string of the molecule is CCc1cccc(NC(=S)N(CC[NH+](C)C)C(C)c2ccncc2)c1. The molecule has 5 heteroatoms. The van der Waals surface area contributed by atoms with Gasteiger partial charge in [-0.15, -0.1) is 0 Å². The maximum absolute atomic E-state index is 5.76. The number of rotatable bonds is 7. The van der Waals surface area contributed by atoms with E-state index in [9.17, 15) is 0 Å². The molecule has 1 aromatic heterocycles. The summed E-state index contributed by atoms with van der Waals surface area (Å²) >= 11 is 5.76. The second-order valence-electron chi connectivity index (χ2n) is 6.59. The highest BCUT2D eigenvalue weighted by Crippen LogP contribution is 2.21. The summed E-state index contributed by atoms with van der Waals surface area (Å²) in [4.78, 5) is 7.79. The van der Waals surface area contributed by atoms with Crippen LogP contribution >= 0.6 is 12.2 Å². The molecule has 0 aliphatic carbocycles. The Kier molecular flexibility index (Phi) is 7.34. The van der Waals surface area contributed by atoms with Crippen LogP contribution in [-0.4, -0.2) is 42.2 Å². The molecule has 2 aromatic rings. The molecule has 0 saturated heterocycles. The van der Waals surface area contributed by atoms with Crippen molar-refractivity contribution in [1.82, 2.24) is 9.88 Å². The maximum atomic E-state index is 5.76. The van der Waals surface area contributed by atoms with Gasteiger partial charge in [-0.25, -0.2) is 0 Å². The molecule has 4 nitrogen and oxygen atoms in total. The standard InChI is InChI=1S/C20H28N4S/c1-5-17-7-6-8-19(15-17)22-20(25)24(14-13-23(3)4)16(2)18-9-11-21-12-10-18/h6-12,15-16H,5,13-14H2,1-4H3,(H,22,25)/p+1. The van der Waals surface area contributed by atoms with E-state index in [1.165, 1.54) is 16.0 Å². The zero-order valence-electron chi connectivity index (χ0n) is 15.6. The first kappa shape index (κ1) is 19.3. The molecule has 1 unspecified atom stereocenters. The minimum Gasteiger partial charge on any atom is -0.338 e. The van der Waals surface area contributed by atoms with Crippen molar-refractivity contribution in [2.45, 2.75) is 26.3 Å². The molecule has 0 bridgehead atoms. The van der Waals surface area contributed by atoms with Gasteiger partial charge in [-0.05, 0) is 61.0 Å². The summed E-state index contributed by atoms with van der Waals surface area (Å²) in [6.07, 6.45) is 4.69. The Labute approximate surface area is 156 Å². The summed E-state index contributed by atoms with van der Waals surface area (Å²) in [5, 5.41) is 4.19. The zero-order valence-corrected chi connectivity index (χ0v) is 16.4. The van der Waals surface area contributed by atoms with Gasteiger partial charge in [0.2, 0.25) is 0 Å². The van der Waals surface area contributed by atoms with Crippen molar-refractivity contribution < 1.29 is 4.90 Å². The molecule has 0 aliphatic rings. The van der Waals surface area contributed by atoms with Crippen molar-refractivity contribution >= 4 is 23.0 Å². The van der Waals surface area contributed by atoms with Gasteiger partial charge in [0.05, 0.1) is 33.2 Å². The molecule has 0 spiro atoms. The van der Waals surface area contributed by atoms with Gasteiger partial charge in [-0.2, -0.15) is 0 Å². The average molecular weight is 358 g/mol. The lowest BCUT2D eigenvalue weighted by atomic mass is 10.1. The molecule has 1 aromatic carbocycles. The van der Waals surface area contributed by atoms with Gasteiger partial charge in [-0.1, -0.05) is 19.1 Å². The summed E-state index contributed by atoms with van der Waals surface area (Å²) in [5.74, 6) is 0. The van der Waals surface area contributed by atoms with Gasteiger partial charge in [0.1, 0.15) is 0 Å². The third kappa shape index (κ3) is 5.80. The van der Waals surface area contributed by atoms with Crippen LogP contribution in [-0.2, 0) is 6.42 Å². The number of hydrogen-bond donors (Lipinski definition) is 2. The van der Waals surface area contributed by atoms with Crippen LogP contribution in [0.4, 0.5) is 5.69 Å². The van der Waals surface area contributed by atoms with Crippen LogP contribution in [0.1, 0.15) is 31.0 Å². The van der Waals surface area contributed by atoms with E-state index in [4.69, 9.17) is 12.2 Å². The van der Waals surface area contributed by atoms with Crippen LogP contribution in [0.2, 0.25) is 0 Å². The molecule has 1 heterocycles. The molecule has 0 saturated carbocycles. The molecule has 25 heavy (non-hydrogen) atoms. The van der Waals surface area contributed by atoms with Crippen molar-refractivity contribution in [2.24, 2.45) is 0 Å². The van der Waals surface area contributed by atoms with Gasteiger partial charge in [-0.3, -0.25) is 4.98 Å². The molecule has 0 radical (unpaired) electrons. The maximum Gasteiger partial charge on any atom is 0.174 e. The highest BCUT2D eigenvalue weighted by Gasteiger charge is 2.19. The van der Waals surface area contributed by atoms with E-state index in [0.29, 0.717) is 0 Å². The Bertz CT molecular complexity index is 672. The number of anilines is 1. The number of hydrogen-bond acceptors (Lipinski definition) is 2. The topological polar surface area (TPSA) is 32.6 Å². The van der Waals surface area contributed by atoms with Crippen molar-refractivity contribution in [3.05, 3.63) is 59.9 Å². The van der Waals surface area contributed by atoms with Crippen molar-refractivity contribution in [2.75, 3.05) is 32.5 Å². The number of nitrogens with zero attached hydrogens (tertiary/aromatic N) is 2.